The van der Waals surface area contributed by atoms with Crippen molar-refractivity contribution in [3.05, 3.63) is 24.3 Å². The number of amides is 2. The summed E-state index contributed by atoms with van der Waals surface area (Å²) in [4.78, 5) is 25.7. The van der Waals surface area contributed by atoms with E-state index in [2.05, 4.69) is 10.6 Å². The molecule has 1 aromatic rings. The smallest absolute Gasteiger partial charge is 0.260 e. The van der Waals surface area contributed by atoms with E-state index in [0.717, 1.165) is 38.4 Å². The quantitative estimate of drug-likeness (QED) is 0.737. The van der Waals surface area contributed by atoms with Gasteiger partial charge in [-0.2, -0.15) is 0 Å². The topological polar surface area (TPSA) is 70.7 Å². The monoisotopic (exact) mass is 367 g/mol. The van der Waals surface area contributed by atoms with Gasteiger partial charge in [-0.15, -0.1) is 12.4 Å². The van der Waals surface area contributed by atoms with Gasteiger partial charge in [-0.1, -0.05) is 6.07 Å². The van der Waals surface area contributed by atoms with Crippen LogP contribution in [0.4, 0.5) is 5.69 Å². The summed E-state index contributed by atoms with van der Waals surface area (Å²) in [5.74, 6) is 1.29. The van der Waals surface area contributed by atoms with Gasteiger partial charge in [-0.25, -0.2) is 0 Å². The second-order valence-corrected chi connectivity index (χ2v) is 6.53. The molecule has 1 aliphatic heterocycles. The highest BCUT2D eigenvalue weighted by molar-refractivity contribution is 5.92. The predicted octanol–water partition coefficient (Wildman–Crippen LogP) is 2.05. The van der Waals surface area contributed by atoms with Gasteiger partial charge in [-0.3, -0.25) is 9.59 Å². The van der Waals surface area contributed by atoms with Crippen LogP contribution in [0, 0.1) is 5.92 Å². The summed E-state index contributed by atoms with van der Waals surface area (Å²) in [6.07, 6.45) is 4.68. The lowest BCUT2D eigenvalue weighted by Crippen LogP contribution is -2.32. The Morgan fingerprint density at radius 1 is 1.20 bits per heavy atom. The molecule has 1 aromatic carbocycles. The van der Waals surface area contributed by atoms with E-state index in [1.165, 1.54) is 12.8 Å². The number of benzene rings is 1. The number of carbonyl (C=O) groups is 2. The van der Waals surface area contributed by atoms with Crippen molar-refractivity contribution in [3.63, 3.8) is 0 Å². The van der Waals surface area contributed by atoms with E-state index in [9.17, 15) is 9.59 Å². The van der Waals surface area contributed by atoms with Crippen molar-refractivity contribution in [1.82, 2.24) is 10.2 Å². The molecule has 2 fully saturated rings. The molecule has 1 saturated carbocycles. The summed E-state index contributed by atoms with van der Waals surface area (Å²) in [6, 6.07) is 7.16. The van der Waals surface area contributed by atoms with Crippen LogP contribution in [0.3, 0.4) is 0 Å². The Bertz CT molecular complexity index is 587. The second kappa shape index (κ2) is 9.63. The minimum Gasteiger partial charge on any atom is -0.484 e. The highest BCUT2D eigenvalue weighted by Crippen LogP contribution is 2.27. The first-order valence-electron chi connectivity index (χ1n) is 8.72. The maximum atomic E-state index is 12.0. The van der Waals surface area contributed by atoms with Crippen molar-refractivity contribution in [2.75, 3.05) is 38.1 Å². The van der Waals surface area contributed by atoms with Crippen LogP contribution in [0.5, 0.6) is 5.75 Å². The van der Waals surface area contributed by atoms with Gasteiger partial charge >= 0.3 is 0 Å². The van der Waals surface area contributed by atoms with E-state index >= 15 is 0 Å². The molecule has 2 amide bonds. The first kappa shape index (κ1) is 19.5. The number of hydrogen-bond acceptors (Lipinski definition) is 4. The van der Waals surface area contributed by atoms with Crippen LogP contribution in [0.2, 0.25) is 0 Å². The number of likely N-dealkylation sites (tertiary alicyclic amines) is 1. The minimum absolute atomic E-state index is 0. The number of hydrogen-bond donors (Lipinski definition) is 2. The Kier molecular flexibility index (Phi) is 7.52. The summed E-state index contributed by atoms with van der Waals surface area (Å²) in [6.45, 7) is 2.92. The van der Waals surface area contributed by atoms with Gasteiger partial charge in [0.1, 0.15) is 5.75 Å². The molecule has 0 spiro atoms. The molecule has 1 saturated heterocycles. The van der Waals surface area contributed by atoms with E-state index in [1.54, 1.807) is 12.1 Å². The maximum absolute atomic E-state index is 12.0. The van der Waals surface area contributed by atoms with Crippen molar-refractivity contribution >= 4 is 29.9 Å². The normalized spacial score (nSPS) is 16.2. The molecule has 138 valence electrons. The summed E-state index contributed by atoms with van der Waals surface area (Å²) in [5, 5.41) is 6.00. The Morgan fingerprint density at radius 2 is 1.96 bits per heavy atom. The maximum Gasteiger partial charge on any atom is 0.260 e. The Morgan fingerprint density at radius 3 is 2.68 bits per heavy atom. The predicted molar refractivity (Wildman–Crippen MR) is 99.2 cm³/mol. The average Bonchev–Trinajstić information content (AvgIpc) is 3.23. The van der Waals surface area contributed by atoms with Gasteiger partial charge in [0.2, 0.25) is 5.91 Å². The van der Waals surface area contributed by atoms with Crippen LogP contribution in [0.1, 0.15) is 25.7 Å². The van der Waals surface area contributed by atoms with Crippen LogP contribution >= 0.6 is 12.4 Å². The van der Waals surface area contributed by atoms with Crippen molar-refractivity contribution in [2.45, 2.75) is 25.7 Å². The summed E-state index contributed by atoms with van der Waals surface area (Å²) in [5.41, 5.74) is 0.680. The van der Waals surface area contributed by atoms with Gasteiger partial charge in [-0.05, 0) is 50.3 Å². The molecule has 3 rings (SSSR count). The average molecular weight is 368 g/mol. The zero-order valence-corrected chi connectivity index (χ0v) is 15.1. The Labute approximate surface area is 154 Å². The molecular formula is C18H26ClN3O3. The van der Waals surface area contributed by atoms with Gasteiger partial charge in [0, 0.05) is 24.8 Å². The fraction of sp³-hybridized carbons (Fsp3) is 0.556. The molecule has 2 N–H and O–H groups in total. The van der Waals surface area contributed by atoms with E-state index < -0.39 is 0 Å². The molecule has 7 heteroatoms. The van der Waals surface area contributed by atoms with Crippen molar-refractivity contribution in [3.8, 4) is 5.75 Å². The lowest BCUT2D eigenvalue weighted by atomic mass is 10.3. The molecule has 0 radical (unpaired) electrons. The number of carbonyl (C=O) groups excluding carboxylic acids is 2. The molecule has 0 unspecified atom stereocenters. The number of nitrogens with one attached hydrogen (secondary N) is 2. The third kappa shape index (κ3) is 6.55. The summed E-state index contributed by atoms with van der Waals surface area (Å²) in [7, 11) is 0. The van der Waals surface area contributed by atoms with Crippen molar-refractivity contribution in [2.24, 2.45) is 5.92 Å². The fourth-order valence-corrected chi connectivity index (χ4v) is 2.78. The van der Waals surface area contributed by atoms with Gasteiger partial charge in [0.25, 0.3) is 5.91 Å². The van der Waals surface area contributed by atoms with E-state index in [-0.39, 0.29) is 30.8 Å². The first-order chi connectivity index (χ1) is 11.7. The standard InChI is InChI=1S/C18H25N3O3.ClH/c22-17(12-19-11-14-6-7-14)20-15-4-3-5-16(10-15)24-13-18(23)21-8-1-2-9-21;/h3-5,10,14,19H,1-2,6-9,11-13H2,(H,20,22);1H. The second-order valence-electron chi connectivity index (χ2n) is 6.53. The number of halogens is 1. The third-order valence-electron chi connectivity index (χ3n) is 4.35. The molecule has 0 aromatic heterocycles. The largest absolute Gasteiger partial charge is 0.484 e. The van der Waals surface area contributed by atoms with E-state index in [4.69, 9.17) is 4.74 Å². The summed E-state index contributed by atoms with van der Waals surface area (Å²) >= 11 is 0. The molecule has 1 heterocycles. The lowest BCUT2D eigenvalue weighted by Gasteiger charge is -2.15. The molecule has 6 nitrogen and oxygen atoms in total. The van der Waals surface area contributed by atoms with Gasteiger partial charge < -0.3 is 20.3 Å². The van der Waals surface area contributed by atoms with Gasteiger partial charge in [0.05, 0.1) is 6.54 Å². The minimum atomic E-state index is -0.0686. The lowest BCUT2D eigenvalue weighted by molar-refractivity contribution is -0.132. The van der Waals surface area contributed by atoms with Crippen LogP contribution in [-0.2, 0) is 9.59 Å². The van der Waals surface area contributed by atoms with E-state index in [0.29, 0.717) is 18.0 Å². The molecule has 0 bridgehead atoms. The highest BCUT2D eigenvalue weighted by Gasteiger charge is 2.20. The van der Waals surface area contributed by atoms with Crippen LogP contribution < -0.4 is 15.4 Å². The van der Waals surface area contributed by atoms with Crippen LogP contribution in [0.25, 0.3) is 0 Å². The number of anilines is 1. The molecular weight excluding hydrogens is 342 g/mol. The zero-order chi connectivity index (χ0) is 16.8. The van der Waals surface area contributed by atoms with Crippen molar-refractivity contribution in [1.29, 1.82) is 0 Å². The summed E-state index contributed by atoms with van der Waals surface area (Å²) < 4.78 is 5.57. The zero-order valence-electron chi connectivity index (χ0n) is 14.3. The molecule has 0 atom stereocenters. The van der Waals surface area contributed by atoms with Crippen LogP contribution in [-0.4, -0.2) is 49.5 Å². The number of ether oxygens (including phenoxy) is 1. The molecule has 2 aliphatic rings. The molecule has 1 aliphatic carbocycles. The number of rotatable bonds is 8. The Balaban J connectivity index is 0.00000225. The first-order valence-corrected chi connectivity index (χ1v) is 8.72. The third-order valence-corrected chi connectivity index (χ3v) is 4.35. The highest BCUT2D eigenvalue weighted by atomic mass is 35.5. The number of nitrogens with zero attached hydrogens (tertiary/aromatic N) is 1. The van der Waals surface area contributed by atoms with Crippen LogP contribution in [0.15, 0.2) is 24.3 Å². The molecule has 25 heavy (non-hydrogen) atoms. The van der Waals surface area contributed by atoms with Crippen molar-refractivity contribution < 1.29 is 14.3 Å². The van der Waals surface area contributed by atoms with E-state index in [1.807, 2.05) is 17.0 Å². The SMILES string of the molecule is Cl.O=C(CNCC1CC1)Nc1cccc(OCC(=O)N2CCCC2)c1. The Hall–Kier alpha value is -1.79. The van der Waals surface area contributed by atoms with Gasteiger partial charge in [0.15, 0.2) is 6.61 Å². The fourth-order valence-electron chi connectivity index (χ4n) is 2.78.